The highest BCUT2D eigenvalue weighted by molar-refractivity contribution is 5.05. The van der Waals surface area contributed by atoms with E-state index < -0.39 is 0 Å². The molecule has 1 rings (SSSR count). The molecule has 0 radical (unpaired) electrons. The lowest BCUT2D eigenvalue weighted by atomic mass is 10.2. The van der Waals surface area contributed by atoms with Gasteiger partial charge < -0.3 is 9.47 Å². The van der Waals surface area contributed by atoms with Gasteiger partial charge >= 0.3 is 12.0 Å². The molecule has 0 saturated carbocycles. The van der Waals surface area contributed by atoms with Crippen LogP contribution in [-0.2, 0) is 6.42 Å². The minimum Gasteiger partial charge on any atom is -0.464 e. The number of aryl methyl sites for hydroxylation is 1. The highest BCUT2D eigenvalue weighted by atomic mass is 16.5. The Morgan fingerprint density at radius 1 is 0.824 bits per heavy atom. The molecule has 0 aliphatic carbocycles. The van der Waals surface area contributed by atoms with Crippen molar-refractivity contribution in [1.29, 1.82) is 0 Å². The zero-order chi connectivity index (χ0) is 12.5. The van der Waals surface area contributed by atoms with Gasteiger partial charge in [-0.15, -0.1) is 4.98 Å². The van der Waals surface area contributed by atoms with Crippen LogP contribution in [0.1, 0.15) is 45.9 Å². The number of nitrogens with zero attached hydrogens (tertiary/aromatic N) is 3. The van der Waals surface area contributed by atoms with Gasteiger partial charge in [-0.1, -0.05) is 19.8 Å². The second kappa shape index (κ2) is 7.81. The highest BCUT2D eigenvalue weighted by Gasteiger charge is 2.07. The molecule has 0 aliphatic heterocycles. The van der Waals surface area contributed by atoms with Crippen molar-refractivity contribution in [1.82, 2.24) is 15.0 Å². The topological polar surface area (TPSA) is 57.1 Å². The summed E-state index contributed by atoms with van der Waals surface area (Å²) >= 11 is 0. The van der Waals surface area contributed by atoms with Crippen LogP contribution < -0.4 is 9.47 Å². The van der Waals surface area contributed by atoms with Crippen molar-refractivity contribution in [2.75, 3.05) is 13.2 Å². The smallest absolute Gasteiger partial charge is 0.322 e. The Kier molecular flexibility index (Phi) is 6.29. The van der Waals surface area contributed by atoms with Crippen LogP contribution in [0, 0.1) is 0 Å². The minimum absolute atomic E-state index is 0.359. The van der Waals surface area contributed by atoms with Crippen LogP contribution in [0.3, 0.4) is 0 Å². The SMILES string of the molecule is CCCCCc1nc(OCC)nc(OCC)n1. The zero-order valence-corrected chi connectivity index (χ0v) is 10.9. The molecule has 0 fully saturated rings. The van der Waals surface area contributed by atoms with Crippen LogP contribution in [0.15, 0.2) is 0 Å². The molecule has 17 heavy (non-hydrogen) atoms. The quantitative estimate of drug-likeness (QED) is 0.652. The molecule has 0 spiro atoms. The second-order valence-corrected chi connectivity index (χ2v) is 3.64. The summed E-state index contributed by atoms with van der Waals surface area (Å²) in [5.74, 6) is 0.750. The third kappa shape index (κ3) is 4.97. The van der Waals surface area contributed by atoms with E-state index in [1.54, 1.807) is 0 Å². The Balaban J connectivity index is 2.72. The number of aromatic nitrogens is 3. The number of ether oxygens (including phenoxy) is 2. The Bertz CT molecular complexity index is 307. The third-order valence-corrected chi connectivity index (χ3v) is 2.19. The Morgan fingerprint density at radius 3 is 1.88 bits per heavy atom. The van der Waals surface area contributed by atoms with Crippen LogP contribution >= 0.6 is 0 Å². The predicted octanol–water partition coefficient (Wildman–Crippen LogP) is 2.40. The Hall–Kier alpha value is -1.39. The molecule has 0 aromatic carbocycles. The molecule has 0 amide bonds. The summed E-state index contributed by atoms with van der Waals surface area (Å²) in [7, 11) is 0. The molecule has 5 nitrogen and oxygen atoms in total. The lowest BCUT2D eigenvalue weighted by Crippen LogP contribution is -2.07. The second-order valence-electron chi connectivity index (χ2n) is 3.64. The number of rotatable bonds is 8. The van der Waals surface area contributed by atoms with Crippen molar-refractivity contribution < 1.29 is 9.47 Å². The first-order valence-electron chi connectivity index (χ1n) is 6.30. The molecule has 1 heterocycles. The van der Waals surface area contributed by atoms with Gasteiger partial charge in [-0.3, -0.25) is 0 Å². The van der Waals surface area contributed by atoms with Crippen LogP contribution in [0.4, 0.5) is 0 Å². The van der Waals surface area contributed by atoms with Gasteiger partial charge in [0.15, 0.2) is 0 Å². The van der Waals surface area contributed by atoms with Crippen LogP contribution in [0.25, 0.3) is 0 Å². The van der Waals surface area contributed by atoms with Crippen molar-refractivity contribution in [3.05, 3.63) is 5.82 Å². The molecule has 0 saturated heterocycles. The first-order valence-corrected chi connectivity index (χ1v) is 6.30. The average Bonchev–Trinajstić information content (AvgIpc) is 2.30. The molecular formula is C12H21N3O2. The van der Waals surface area contributed by atoms with E-state index in [0.29, 0.717) is 25.2 Å². The van der Waals surface area contributed by atoms with Gasteiger partial charge in [-0.05, 0) is 20.3 Å². The molecule has 0 bridgehead atoms. The van der Waals surface area contributed by atoms with Crippen molar-refractivity contribution in [3.63, 3.8) is 0 Å². The Labute approximate surface area is 103 Å². The van der Waals surface area contributed by atoms with Crippen LogP contribution in [0.2, 0.25) is 0 Å². The first-order chi connectivity index (χ1) is 8.30. The van der Waals surface area contributed by atoms with Gasteiger partial charge in [-0.2, -0.15) is 9.97 Å². The molecule has 5 heteroatoms. The standard InChI is InChI=1S/C12H21N3O2/c1-4-7-8-9-10-13-11(16-5-2)15-12(14-10)17-6-3/h4-9H2,1-3H3. The predicted molar refractivity (Wildman–Crippen MR) is 65.4 cm³/mol. The van der Waals surface area contributed by atoms with E-state index in [2.05, 4.69) is 21.9 Å². The number of hydrogen-bond donors (Lipinski definition) is 0. The minimum atomic E-state index is 0.359. The molecule has 1 aromatic heterocycles. The number of unbranched alkanes of at least 4 members (excludes halogenated alkanes) is 2. The van der Waals surface area contributed by atoms with Crippen molar-refractivity contribution in [2.45, 2.75) is 46.5 Å². The lowest BCUT2D eigenvalue weighted by Gasteiger charge is -2.06. The monoisotopic (exact) mass is 239 g/mol. The normalized spacial score (nSPS) is 10.3. The average molecular weight is 239 g/mol. The highest BCUT2D eigenvalue weighted by Crippen LogP contribution is 2.12. The lowest BCUT2D eigenvalue weighted by molar-refractivity contribution is 0.276. The fraction of sp³-hybridized carbons (Fsp3) is 0.750. The summed E-state index contributed by atoms with van der Waals surface area (Å²) < 4.78 is 10.6. The van der Waals surface area contributed by atoms with E-state index in [4.69, 9.17) is 9.47 Å². The van der Waals surface area contributed by atoms with E-state index in [1.165, 1.54) is 12.8 Å². The molecule has 96 valence electrons. The van der Waals surface area contributed by atoms with E-state index in [1.807, 2.05) is 13.8 Å². The van der Waals surface area contributed by atoms with Crippen LogP contribution in [-0.4, -0.2) is 28.2 Å². The maximum atomic E-state index is 5.30. The van der Waals surface area contributed by atoms with Crippen molar-refractivity contribution in [3.8, 4) is 12.0 Å². The largest absolute Gasteiger partial charge is 0.464 e. The summed E-state index contributed by atoms with van der Waals surface area (Å²) in [4.78, 5) is 12.6. The Morgan fingerprint density at radius 2 is 1.41 bits per heavy atom. The van der Waals surface area contributed by atoms with Gasteiger partial charge in [0.2, 0.25) is 0 Å². The molecule has 0 atom stereocenters. The van der Waals surface area contributed by atoms with Crippen molar-refractivity contribution >= 4 is 0 Å². The third-order valence-electron chi connectivity index (χ3n) is 2.19. The summed E-state index contributed by atoms with van der Waals surface area (Å²) in [5, 5.41) is 0. The zero-order valence-electron chi connectivity index (χ0n) is 10.9. The van der Waals surface area contributed by atoms with Gasteiger partial charge in [0.05, 0.1) is 13.2 Å². The van der Waals surface area contributed by atoms with Gasteiger partial charge in [0.1, 0.15) is 5.82 Å². The maximum Gasteiger partial charge on any atom is 0.322 e. The van der Waals surface area contributed by atoms with Gasteiger partial charge in [0.25, 0.3) is 0 Å². The van der Waals surface area contributed by atoms with E-state index in [9.17, 15) is 0 Å². The fourth-order valence-electron chi connectivity index (χ4n) is 1.41. The molecule has 0 N–H and O–H groups in total. The molecule has 0 aliphatic rings. The van der Waals surface area contributed by atoms with Gasteiger partial charge in [0, 0.05) is 6.42 Å². The van der Waals surface area contributed by atoms with E-state index in [-0.39, 0.29) is 0 Å². The first kappa shape index (κ1) is 13.7. The summed E-state index contributed by atoms with van der Waals surface area (Å²) in [5.41, 5.74) is 0. The fourth-order valence-corrected chi connectivity index (χ4v) is 1.41. The molecule has 1 aromatic rings. The molecular weight excluding hydrogens is 218 g/mol. The van der Waals surface area contributed by atoms with E-state index >= 15 is 0 Å². The van der Waals surface area contributed by atoms with Crippen molar-refractivity contribution in [2.24, 2.45) is 0 Å². The maximum absolute atomic E-state index is 5.30. The van der Waals surface area contributed by atoms with Gasteiger partial charge in [-0.25, -0.2) is 0 Å². The van der Waals surface area contributed by atoms with E-state index in [0.717, 1.165) is 18.7 Å². The number of hydrogen-bond acceptors (Lipinski definition) is 5. The van der Waals surface area contributed by atoms with Crippen LogP contribution in [0.5, 0.6) is 12.0 Å². The summed E-state index contributed by atoms with van der Waals surface area (Å²) in [6.07, 6.45) is 4.29. The summed E-state index contributed by atoms with van der Waals surface area (Å²) in [6.45, 7) is 7.07. The molecule has 0 unspecified atom stereocenters. The summed E-state index contributed by atoms with van der Waals surface area (Å²) in [6, 6.07) is 0.717.